The van der Waals surface area contributed by atoms with Crippen molar-refractivity contribution in [2.45, 2.75) is 6.18 Å². The molecule has 0 fully saturated rings. The molecule has 0 rings (SSSR count). The van der Waals surface area contributed by atoms with Crippen molar-refractivity contribution < 1.29 is 22.7 Å². The summed E-state index contributed by atoms with van der Waals surface area (Å²) in [6.07, 6.45) is -4.22. The highest BCUT2D eigenvalue weighted by molar-refractivity contribution is 5.74. The summed E-state index contributed by atoms with van der Waals surface area (Å²) in [6.45, 7) is -1.27. The largest absolute Gasteiger partial charge is 0.401 e. The van der Waals surface area contributed by atoms with Crippen molar-refractivity contribution in [2.24, 2.45) is 5.73 Å². The van der Waals surface area contributed by atoms with Crippen LogP contribution < -0.4 is 11.1 Å². The maximum Gasteiger partial charge on any atom is 0.401 e. The van der Waals surface area contributed by atoms with E-state index in [1.54, 1.807) is 0 Å². The van der Waals surface area contributed by atoms with Gasteiger partial charge in [0.05, 0.1) is 13.2 Å². The lowest BCUT2D eigenvalue weighted by Gasteiger charge is -2.07. The summed E-state index contributed by atoms with van der Waals surface area (Å²) in [5.74, 6) is -0.643. The number of primary amides is 1. The lowest BCUT2D eigenvalue weighted by atomic mass is 10.6. The number of halogens is 3. The van der Waals surface area contributed by atoms with Crippen molar-refractivity contribution in [3.05, 3.63) is 0 Å². The molecular weight excluding hydrogens is 189 g/mol. The van der Waals surface area contributed by atoms with Gasteiger partial charge in [-0.2, -0.15) is 13.2 Å². The van der Waals surface area contributed by atoms with Gasteiger partial charge in [0.2, 0.25) is 5.91 Å². The fourth-order valence-corrected chi connectivity index (χ4v) is 0.547. The molecule has 0 bridgehead atoms. The van der Waals surface area contributed by atoms with Gasteiger partial charge in [0.1, 0.15) is 6.61 Å². The SMILES string of the molecule is NC(=O)COCCNCC(F)(F)F. The third-order valence-corrected chi connectivity index (χ3v) is 0.993. The number of hydrogen-bond donors (Lipinski definition) is 2. The first-order chi connectivity index (χ1) is 5.92. The van der Waals surface area contributed by atoms with Gasteiger partial charge in [-0.25, -0.2) is 0 Å². The molecule has 0 saturated heterocycles. The Morgan fingerprint density at radius 1 is 1.46 bits per heavy atom. The van der Waals surface area contributed by atoms with Crippen molar-refractivity contribution in [1.29, 1.82) is 0 Å². The van der Waals surface area contributed by atoms with Crippen molar-refractivity contribution in [2.75, 3.05) is 26.3 Å². The van der Waals surface area contributed by atoms with Crippen molar-refractivity contribution >= 4 is 5.91 Å². The lowest BCUT2D eigenvalue weighted by Crippen LogP contribution is -2.31. The summed E-state index contributed by atoms with van der Waals surface area (Å²) in [7, 11) is 0. The zero-order valence-electron chi connectivity index (χ0n) is 6.86. The Labute approximate surface area is 73.2 Å². The molecule has 4 nitrogen and oxygen atoms in total. The van der Waals surface area contributed by atoms with Gasteiger partial charge in [-0.3, -0.25) is 4.79 Å². The Morgan fingerprint density at radius 3 is 2.54 bits per heavy atom. The molecule has 0 unspecified atom stereocenters. The Hall–Kier alpha value is -0.820. The van der Waals surface area contributed by atoms with Gasteiger partial charge in [-0.15, -0.1) is 0 Å². The van der Waals surface area contributed by atoms with Gasteiger partial charge < -0.3 is 15.8 Å². The van der Waals surface area contributed by atoms with Crippen LogP contribution in [0.4, 0.5) is 13.2 Å². The number of carbonyl (C=O) groups is 1. The number of hydrogen-bond acceptors (Lipinski definition) is 3. The maximum absolute atomic E-state index is 11.5. The van der Waals surface area contributed by atoms with Crippen LogP contribution in [0.15, 0.2) is 0 Å². The number of nitrogens with two attached hydrogens (primary N) is 1. The fourth-order valence-electron chi connectivity index (χ4n) is 0.547. The Bertz CT molecular complexity index is 160. The smallest absolute Gasteiger partial charge is 0.370 e. The summed E-state index contributed by atoms with van der Waals surface area (Å²) in [5, 5.41) is 2.10. The molecule has 0 radical (unpaired) electrons. The standard InChI is InChI=1S/C6H11F3N2O2/c7-6(8,9)4-11-1-2-13-3-5(10)12/h11H,1-4H2,(H2,10,12). The number of carbonyl (C=O) groups excluding carboxylic acids is 1. The first-order valence-electron chi connectivity index (χ1n) is 3.55. The minimum absolute atomic E-state index is 0.0268. The summed E-state index contributed by atoms with van der Waals surface area (Å²) in [4.78, 5) is 10.1. The van der Waals surface area contributed by atoms with Gasteiger partial charge in [0.15, 0.2) is 0 Å². The molecule has 0 aliphatic heterocycles. The van der Waals surface area contributed by atoms with E-state index in [0.717, 1.165) is 0 Å². The Morgan fingerprint density at radius 2 is 2.08 bits per heavy atom. The lowest BCUT2D eigenvalue weighted by molar-refractivity contribution is -0.127. The molecule has 0 aliphatic rings. The van der Waals surface area contributed by atoms with Crippen LogP contribution in [0.1, 0.15) is 0 Å². The first-order valence-corrected chi connectivity index (χ1v) is 3.55. The summed E-state index contributed by atoms with van der Waals surface area (Å²) in [5.41, 5.74) is 4.71. The quantitative estimate of drug-likeness (QED) is 0.575. The number of nitrogens with one attached hydrogen (secondary N) is 1. The molecule has 0 spiro atoms. The monoisotopic (exact) mass is 200 g/mol. The van der Waals surface area contributed by atoms with E-state index in [-0.39, 0.29) is 19.8 Å². The molecule has 0 heterocycles. The van der Waals surface area contributed by atoms with Crippen LogP contribution in [-0.2, 0) is 9.53 Å². The van der Waals surface area contributed by atoms with Crippen LogP contribution in [0, 0.1) is 0 Å². The van der Waals surface area contributed by atoms with E-state index in [2.05, 4.69) is 10.1 Å². The second-order valence-electron chi connectivity index (χ2n) is 2.31. The van der Waals surface area contributed by atoms with E-state index in [4.69, 9.17) is 5.73 Å². The molecule has 7 heteroatoms. The number of amides is 1. The molecule has 0 aromatic rings. The van der Waals surface area contributed by atoms with Crippen molar-refractivity contribution in [3.63, 3.8) is 0 Å². The molecule has 1 amide bonds. The van der Waals surface area contributed by atoms with Gasteiger partial charge >= 0.3 is 6.18 Å². The fraction of sp³-hybridized carbons (Fsp3) is 0.833. The zero-order chi connectivity index (χ0) is 10.3. The number of ether oxygens (including phenoxy) is 1. The van der Waals surface area contributed by atoms with Crippen LogP contribution in [-0.4, -0.2) is 38.4 Å². The van der Waals surface area contributed by atoms with E-state index in [9.17, 15) is 18.0 Å². The van der Waals surface area contributed by atoms with Crippen LogP contribution in [0.2, 0.25) is 0 Å². The minimum atomic E-state index is -4.22. The molecule has 3 N–H and O–H groups in total. The highest BCUT2D eigenvalue weighted by atomic mass is 19.4. The zero-order valence-corrected chi connectivity index (χ0v) is 6.86. The Balaban J connectivity index is 3.13. The van der Waals surface area contributed by atoms with Gasteiger partial charge in [0.25, 0.3) is 0 Å². The molecule has 0 aliphatic carbocycles. The summed E-state index contributed by atoms with van der Waals surface area (Å²) in [6, 6.07) is 0. The minimum Gasteiger partial charge on any atom is -0.370 e. The van der Waals surface area contributed by atoms with Crippen LogP contribution in [0.5, 0.6) is 0 Å². The molecule has 0 atom stereocenters. The maximum atomic E-state index is 11.5. The molecule has 13 heavy (non-hydrogen) atoms. The third-order valence-electron chi connectivity index (χ3n) is 0.993. The van der Waals surface area contributed by atoms with Gasteiger partial charge in [-0.1, -0.05) is 0 Å². The third kappa shape index (κ3) is 11.2. The number of rotatable bonds is 6. The van der Waals surface area contributed by atoms with Crippen molar-refractivity contribution in [1.82, 2.24) is 5.32 Å². The van der Waals surface area contributed by atoms with Gasteiger partial charge in [-0.05, 0) is 0 Å². The summed E-state index contributed by atoms with van der Waals surface area (Å²) < 4.78 is 39.2. The number of alkyl halides is 3. The topological polar surface area (TPSA) is 64.4 Å². The average molecular weight is 200 g/mol. The highest BCUT2D eigenvalue weighted by Crippen LogP contribution is 2.11. The highest BCUT2D eigenvalue weighted by Gasteiger charge is 2.25. The van der Waals surface area contributed by atoms with E-state index in [1.807, 2.05) is 0 Å². The van der Waals surface area contributed by atoms with Gasteiger partial charge in [0, 0.05) is 6.54 Å². The van der Waals surface area contributed by atoms with Crippen LogP contribution in [0.3, 0.4) is 0 Å². The predicted octanol–water partition coefficient (Wildman–Crippen LogP) is -0.360. The van der Waals surface area contributed by atoms with E-state index in [0.29, 0.717) is 0 Å². The second kappa shape index (κ2) is 5.76. The van der Waals surface area contributed by atoms with Crippen molar-refractivity contribution in [3.8, 4) is 0 Å². The van der Waals surface area contributed by atoms with E-state index >= 15 is 0 Å². The Kier molecular flexibility index (Phi) is 5.40. The van der Waals surface area contributed by atoms with E-state index < -0.39 is 18.6 Å². The molecule has 78 valence electrons. The first kappa shape index (κ1) is 12.2. The molecular formula is C6H11F3N2O2. The predicted molar refractivity (Wildman–Crippen MR) is 38.9 cm³/mol. The molecule has 0 aromatic heterocycles. The normalized spacial score (nSPS) is 11.6. The van der Waals surface area contributed by atoms with Crippen LogP contribution in [0.25, 0.3) is 0 Å². The molecule has 0 saturated carbocycles. The summed E-state index contributed by atoms with van der Waals surface area (Å²) >= 11 is 0. The van der Waals surface area contributed by atoms with Crippen LogP contribution >= 0.6 is 0 Å². The van der Waals surface area contributed by atoms with E-state index in [1.165, 1.54) is 0 Å². The second-order valence-corrected chi connectivity index (χ2v) is 2.31. The molecule has 0 aromatic carbocycles. The average Bonchev–Trinajstić information content (AvgIpc) is 1.93.